The van der Waals surface area contributed by atoms with E-state index in [1.165, 1.54) is 6.07 Å². The summed E-state index contributed by atoms with van der Waals surface area (Å²) in [5.41, 5.74) is 0.306. The van der Waals surface area contributed by atoms with Crippen LogP contribution in [-0.4, -0.2) is 59.5 Å². The quantitative estimate of drug-likeness (QED) is 0.780. The first kappa shape index (κ1) is 19.7. The maximum atomic E-state index is 12.6. The Morgan fingerprint density at radius 1 is 0.893 bits per heavy atom. The second kappa shape index (κ2) is 9.78. The molecule has 148 valence electrons. The number of rotatable bonds is 6. The number of benzene rings is 2. The number of carbonyl (C=O) groups is 2. The molecule has 1 aliphatic rings. The average molecular weight is 382 g/mol. The van der Waals surface area contributed by atoms with Crippen molar-refractivity contribution in [3.05, 3.63) is 60.2 Å². The van der Waals surface area contributed by atoms with Crippen molar-refractivity contribution in [1.29, 1.82) is 0 Å². The summed E-state index contributed by atoms with van der Waals surface area (Å²) in [6.07, 6.45) is 1.82. The molecule has 0 unspecified atom stereocenters. The lowest BCUT2D eigenvalue weighted by atomic mass is 10.1. The Kier molecular flexibility index (Phi) is 6.89. The molecule has 3 rings (SSSR count). The number of hydrogen-bond acceptors (Lipinski definition) is 4. The predicted molar refractivity (Wildman–Crippen MR) is 106 cm³/mol. The summed E-state index contributed by atoms with van der Waals surface area (Å²) in [6.45, 7) is 2.70. The molecule has 1 N–H and O–H groups in total. The van der Waals surface area contributed by atoms with Gasteiger partial charge in [0.2, 0.25) is 5.91 Å². The van der Waals surface area contributed by atoms with Gasteiger partial charge in [0.05, 0.1) is 12.2 Å². The summed E-state index contributed by atoms with van der Waals surface area (Å²) in [4.78, 5) is 28.7. The van der Waals surface area contributed by atoms with E-state index in [-0.39, 0.29) is 17.6 Å². The molecule has 1 aliphatic heterocycles. The number of phenolic OH excluding ortho intramolecular Hbond substituents is 1. The van der Waals surface area contributed by atoms with Crippen molar-refractivity contribution in [3.8, 4) is 11.5 Å². The molecule has 0 aromatic heterocycles. The average Bonchev–Trinajstić information content (AvgIpc) is 2.98. The number of ether oxygens (including phenoxy) is 1. The molecule has 1 fully saturated rings. The molecule has 0 radical (unpaired) electrons. The largest absolute Gasteiger partial charge is 0.507 e. The molecular weight excluding hydrogens is 356 g/mol. The van der Waals surface area contributed by atoms with Gasteiger partial charge in [0, 0.05) is 32.6 Å². The highest BCUT2D eigenvalue weighted by molar-refractivity contribution is 5.96. The minimum absolute atomic E-state index is 0.0110. The summed E-state index contributed by atoms with van der Waals surface area (Å²) in [5, 5.41) is 9.90. The van der Waals surface area contributed by atoms with Crippen molar-refractivity contribution in [2.45, 2.75) is 19.3 Å². The first-order valence-corrected chi connectivity index (χ1v) is 9.68. The number of para-hydroxylation sites is 2. The summed E-state index contributed by atoms with van der Waals surface area (Å²) in [7, 11) is 0. The van der Waals surface area contributed by atoms with E-state index in [1.54, 1.807) is 23.1 Å². The molecule has 2 aromatic carbocycles. The van der Waals surface area contributed by atoms with Crippen LogP contribution in [0.2, 0.25) is 0 Å². The molecule has 0 aliphatic carbocycles. The Bertz CT molecular complexity index is 794. The SMILES string of the molecule is O=C(CCCOc1ccccc1)N1CCCN(C(=O)c2ccccc2O)CC1. The molecule has 0 atom stereocenters. The van der Waals surface area contributed by atoms with Crippen LogP contribution in [0, 0.1) is 0 Å². The fourth-order valence-corrected chi connectivity index (χ4v) is 3.28. The Hall–Kier alpha value is -3.02. The predicted octanol–water partition coefficient (Wildman–Crippen LogP) is 2.93. The third-order valence-corrected chi connectivity index (χ3v) is 4.82. The van der Waals surface area contributed by atoms with E-state index in [9.17, 15) is 14.7 Å². The molecule has 2 aromatic rings. The van der Waals surface area contributed by atoms with Gasteiger partial charge in [0.15, 0.2) is 0 Å². The van der Waals surface area contributed by atoms with Crippen molar-refractivity contribution in [2.75, 3.05) is 32.8 Å². The smallest absolute Gasteiger partial charge is 0.257 e. The summed E-state index contributed by atoms with van der Waals surface area (Å²) >= 11 is 0. The van der Waals surface area contributed by atoms with Gasteiger partial charge in [-0.3, -0.25) is 9.59 Å². The highest BCUT2D eigenvalue weighted by Crippen LogP contribution is 2.19. The van der Waals surface area contributed by atoms with Gasteiger partial charge in [0.1, 0.15) is 11.5 Å². The second-order valence-corrected chi connectivity index (χ2v) is 6.81. The van der Waals surface area contributed by atoms with E-state index in [2.05, 4.69) is 0 Å². The molecule has 0 spiro atoms. The van der Waals surface area contributed by atoms with Crippen LogP contribution in [-0.2, 0) is 4.79 Å². The molecule has 2 amide bonds. The fraction of sp³-hybridized carbons (Fsp3) is 0.364. The third kappa shape index (κ3) is 5.25. The summed E-state index contributed by atoms with van der Waals surface area (Å²) in [5.74, 6) is 0.698. The molecule has 0 saturated carbocycles. The van der Waals surface area contributed by atoms with Gasteiger partial charge >= 0.3 is 0 Å². The van der Waals surface area contributed by atoms with E-state index in [0.717, 1.165) is 12.2 Å². The second-order valence-electron chi connectivity index (χ2n) is 6.81. The number of nitrogens with zero attached hydrogens (tertiary/aromatic N) is 2. The van der Waals surface area contributed by atoms with Crippen molar-refractivity contribution < 1.29 is 19.4 Å². The number of phenols is 1. The van der Waals surface area contributed by atoms with Crippen molar-refractivity contribution >= 4 is 11.8 Å². The minimum atomic E-state index is -0.191. The van der Waals surface area contributed by atoms with Crippen LogP contribution >= 0.6 is 0 Å². The molecule has 1 saturated heterocycles. The zero-order valence-electron chi connectivity index (χ0n) is 15.9. The topological polar surface area (TPSA) is 70.1 Å². The van der Waals surface area contributed by atoms with E-state index < -0.39 is 0 Å². The number of carbonyl (C=O) groups excluding carboxylic acids is 2. The van der Waals surface area contributed by atoms with Gasteiger partial charge < -0.3 is 19.6 Å². The molecule has 0 bridgehead atoms. The van der Waals surface area contributed by atoms with E-state index >= 15 is 0 Å². The monoisotopic (exact) mass is 382 g/mol. The van der Waals surface area contributed by atoms with Crippen molar-refractivity contribution in [1.82, 2.24) is 9.80 Å². The lowest BCUT2D eigenvalue weighted by Gasteiger charge is -2.22. The maximum Gasteiger partial charge on any atom is 0.257 e. The molecule has 6 heteroatoms. The first-order valence-electron chi connectivity index (χ1n) is 9.68. The normalized spacial score (nSPS) is 14.4. The van der Waals surface area contributed by atoms with Crippen LogP contribution < -0.4 is 4.74 Å². The Morgan fingerprint density at radius 3 is 2.36 bits per heavy atom. The Morgan fingerprint density at radius 2 is 1.57 bits per heavy atom. The standard InChI is InChI=1S/C22H26N2O4/c25-20-11-5-4-10-19(20)22(27)24-14-7-13-23(15-16-24)21(26)12-6-17-28-18-8-2-1-3-9-18/h1-5,8-11,25H,6-7,12-17H2. The van der Waals surface area contributed by atoms with Crippen LogP contribution in [0.3, 0.4) is 0 Å². The van der Waals surface area contributed by atoms with Gasteiger partial charge in [-0.05, 0) is 37.1 Å². The van der Waals surface area contributed by atoms with Crippen molar-refractivity contribution in [2.24, 2.45) is 0 Å². The zero-order valence-corrected chi connectivity index (χ0v) is 15.9. The van der Waals surface area contributed by atoms with Crippen LogP contribution in [0.25, 0.3) is 0 Å². The lowest BCUT2D eigenvalue weighted by molar-refractivity contribution is -0.131. The molecule has 28 heavy (non-hydrogen) atoms. The third-order valence-electron chi connectivity index (χ3n) is 4.82. The van der Waals surface area contributed by atoms with Gasteiger partial charge in [-0.1, -0.05) is 30.3 Å². The van der Waals surface area contributed by atoms with Gasteiger partial charge in [-0.25, -0.2) is 0 Å². The number of aromatic hydroxyl groups is 1. The fourth-order valence-electron chi connectivity index (χ4n) is 3.28. The van der Waals surface area contributed by atoms with Crippen LogP contribution in [0.5, 0.6) is 11.5 Å². The van der Waals surface area contributed by atoms with Gasteiger partial charge in [-0.15, -0.1) is 0 Å². The maximum absolute atomic E-state index is 12.6. The van der Waals surface area contributed by atoms with Gasteiger partial charge in [0.25, 0.3) is 5.91 Å². The minimum Gasteiger partial charge on any atom is -0.507 e. The number of amides is 2. The van der Waals surface area contributed by atoms with E-state index in [1.807, 2.05) is 35.2 Å². The van der Waals surface area contributed by atoms with E-state index in [0.29, 0.717) is 51.2 Å². The van der Waals surface area contributed by atoms with Crippen LogP contribution in [0.1, 0.15) is 29.6 Å². The van der Waals surface area contributed by atoms with E-state index in [4.69, 9.17) is 4.74 Å². The Balaban J connectivity index is 1.44. The Labute approximate surface area is 165 Å². The first-order chi connectivity index (χ1) is 13.6. The lowest BCUT2D eigenvalue weighted by Crippen LogP contribution is -2.37. The zero-order chi connectivity index (χ0) is 19.8. The molecular formula is C22H26N2O4. The van der Waals surface area contributed by atoms with Crippen LogP contribution in [0.15, 0.2) is 54.6 Å². The van der Waals surface area contributed by atoms with Gasteiger partial charge in [-0.2, -0.15) is 0 Å². The highest BCUT2D eigenvalue weighted by atomic mass is 16.5. The van der Waals surface area contributed by atoms with Crippen LogP contribution in [0.4, 0.5) is 0 Å². The summed E-state index contributed by atoms with van der Waals surface area (Å²) < 4.78 is 5.63. The van der Waals surface area contributed by atoms with Crippen molar-refractivity contribution in [3.63, 3.8) is 0 Å². The summed E-state index contributed by atoms with van der Waals surface area (Å²) in [6, 6.07) is 16.1. The highest BCUT2D eigenvalue weighted by Gasteiger charge is 2.23. The molecule has 1 heterocycles. The molecule has 6 nitrogen and oxygen atoms in total. The number of hydrogen-bond donors (Lipinski definition) is 1.